The molecule has 0 bridgehead atoms. The largest absolute Gasteiger partial charge is 0.395 e. The molecular weight excluding hydrogens is 332 g/mol. The summed E-state index contributed by atoms with van der Waals surface area (Å²) in [7, 11) is 0. The second kappa shape index (κ2) is 7.58. The van der Waals surface area contributed by atoms with Gasteiger partial charge in [-0.25, -0.2) is 9.97 Å². The number of aromatic nitrogens is 2. The van der Waals surface area contributed by atoms with Crippen molar-refractivity contribution in [3.05, 3.63) is 48.4 Å². The normalized spacial score (nSPS) is 16.5. The van der Waals surface area contributed by atoms with E-state index in [1.54, 1.807) is 17.7 Å². The van der Waals surface area contributed by atoms with Crippen LogP contribution in [0.2, 0.25) is 0 Å². The number of thiophene rings is 1. The molecule has 1 N–H and O–H groups in total. The third-order valence-electron chi connectivity index (χ3n) is 4.66. The number of nitrogens with zero attached hydrogens (tertiary/aromatic N) is 4. The SMILES string of the molecule is OCCN1CCN(Cc2ccc(-c3cc4ncn[c]c4s3)cc2)CC1. The lowest BCUT2D eigenvalue weighted by molar-refractivity contribution is 0.108. The molecule has 1 aromatic carbocycles. The van der Waals surface area contributed by atoms with Crippen LogP contribution in [0, 0.1) is 6.20 Å². The van der Waals surface area contributed by atoms with Crippen molar-refractivity contribution in [2.45, 2.75) is 6.54 Å². The van der Waals surface area contributed by atoms with Crippen molar-refractivity contribution < 1.29 is 5.11 Å². The van der Waals surface area contributed by atoms with Crippen molar-refractivity contribution in [1.82, 2.24) is 19.8 Å². The number of piperazine rings is 1. The second-order valence-electron chi connectivity index (χ2n) is 6.35. The molecule has 0 spiro atoms. The molecule has 5 nitrogen and oxygen atoms in total. The van der Waals surface area contributed by atoms with Gasteiger partial charge in [0, 0.05) is 44.1 Å². The zero-order valence-electron chi connectivity index (χ0n) is 14.1. The lowest BCUT2D eigenvalue weighted by Crippen LogP contribution is -2.46. The Morgan fingerprint density at radius 2 is 1.84 bits per heavy atom. The van der Waals surface area contributed by atoms with Crippen LogP contribution in [0.25, 0.3) is 20.7 Å². The van der Waals surface area contributed by atoms with Crippen LogP contribution in [0.3, 0.4) is 0 Å². The van der Waals surface area contributed by atoms with Gasteiger partial charge >= 0.3 is 0 Å². The fraction of sp³-hybridized carbons (Fsp3) is 0.368. The van der Waals surface area contributed by atoms with Gasteiger partial charge in [-0.2, -0.15) is 0 Å². The topological polar surface area (TPSA) is 52.5 Å². The predicted octanol–water partition coefficient (Wildman–Crippen LogP) is 2.27. The van der Waals surface area contributed by atoms with Crippen LogP contribution in [0.5, 0.6) is 0 Å². The molecule has 0 aliphatic carbocycles. The van der Waals surface area contributed by atoms with Crippen molar-refractivity contribution >= 4 is 21.6 Å². The van der Waals surface area contributed by atoms with Crippen molar-refractivity contribution in [2.75, 3.05) is 39.3 Å². The highest BCUT2D eigenvalue weighted by molar-refractivity contribution is 7.22. The standard InChI is InChI=1S/C19H21N4OS/c24-10-9-22-5-7-23(8-6-22)13-15-1-3-16(4-2-15)18-11-17-19(25-18)12-20-14-21-17/h1-4,11,14,24H,5-10,13H2. The highest BCUT2D eigenvalue weighted by atomic mass is 32.1. The van der Waals surface area contributed by atoms with Crippen LogP contribution in [0.1, 0.15) is 5.56 Å². The maximum absolute atomic E-state index is 9.02. The van der Waals surface area contributed by atoms with E-state index in [2.05, 4.69) is 56.3 Å². The highest BCUT2D eigenvalue weighted by Crippen LogP contribution is 2.31. The van der Waals surface area contributed by atoms with Gasteiger partial charge in [-0.1, -0.05) is 24.3 Å². The molecule has 1 saturated heterocycles. The van der Waals surface area contributed by atoms with Gasteiger partial charge in [0.15, 0.2) is 0 Å². The first kappa shape index (κ1) is 16.6. The van der Waals surface area contributed by atoms with E-state index in [9.17, 15) is 0 Å². The van der Waals surface area contributed by atoms with Crippen molar-refractivity contribution in [2.24, 2.45) is 0 Å². The van der Waals surface area contributed by atoms with Crippen LogP contribution in [0.15, 0.2) is 36.7 Å². The molecule has 1 fully saturated rings. The molecule has 25 heavy (non-hydrogen) atoms. The summed E-state index contributed by atoms with van der Waals surface area (Å²) in [4.78, 5) is 14.3. The van der Waals surface area contributed by atoms with Crippen LogP contribution in [-0.4, -0.2) is 64.2 Å². The maximum atomic E-state index is 9.02. The highest BCUT2D eigenvalue weighted by Gasteiger charge is 2.16. The summed E-state index contributed by atoms with van der Waals surface area (Å²) in [5.41, 5.74) is 3.51. The number of β-amino-alcohol motifs (C(OH)–C–C–N with tert-alkyl or cyclic N) is 1. The molecule has 0 unspecified atom stereocenters. The van der Waals surface area contributed by atoms with Gasteiger partial charge in [0.05, 0.1) is 16.8 Å². The first-order valence-corrected chi connectivity index (χ1v) is 9.40. The van der Waals surface area contributed by atoms with Gasteiger partial charge in [0.2, 0.25) is 0 Å². The van der Waals surface area contributed by atoms with Gasteiger partial charge < -0.3 is 5.11 Å². The number of rotatable bonds is 5. The molecule has 6 heteroatoms. The summed E-state index contributed by atoms with van der Waals surface area (Å²) >= 11 is 1.68. The quantitative estimate of drug-likeness (QED) is 0.763. The van der Waals surface area contributed by atoms with Gasteiger partial charge in [0.1, 0.15) is 12.5 Å². The van der Waals surface area contributed by atoms with E-state index in [0.717, 1.165) is 49.5 Å². The van der Waals surface area contributed by atoms with E-state index in [1.807, 2.05) is 0 Å². The summed E-state index contributed by atoms with van der Waals surface area (Å²) < 4.78 is 1.00. The van der Waals surface area contributed by atoms with Crippen molar-refractivity contribution in [1.29, 1.82) is 0 Å². The lowest BCUT2D eigenvalue weighted by Gasteiger charge is -2.34. The molecular formula is C19H21N4OS. The molecule has 1 aliphatic rings. The minimum atomic E-state index is 0.253. The summed E-state index contributed by atoms with van der Waals surface area (Å²) in [6, 6.07) is 10.9. The summed E-state index contributed by atoms with van der Waals surface area (Å²) in [6.07, 6.45) is 4.54. The van der Waals surface area contributed by atoms with Gasteiger partial charge in [0.25, 0.3) is 0 Å². The first-order valence-electron chi connectivity index (χ1n) is 8.59. The monoisotopic (exact) mass is 353 g/mol. The minimum absolute atomic E-state index is 0.253. The Hall–Kier alpha value is -1.86. The minimum Gasteiger partial charge on any atom is -0.395 e. The molecule has 1 radical (unpaired) electrons. The predicted molar refractivity (Wildman–Crippen MR) is 100 cm³/mol. The van der Waals surface area contributed by atoms with Gasteiger partial charge in [-0.3, -0.25) is 9.80 Å². The Labute approximate surface area is 151 Å². The Balaban J connectivity index is 1.40. The van der Waals surface area contributed by atoms with Crippen molar-refractivity contribution in [3.63, 3.8) is 0 Å². The summed E-state index contributed by atoms with van der Waals surface area (Å²) in [5.74, 6) is 0. The van der Waals surface area contributed by atoms with Crippen LogP contribution >= 0.6 is 11.3 Å². The molecule has 1 aliphatic heterocycles. The zero-order chi connectivity index (χ0) is 17.1. The average molecular weight is 353 g/mol. The molecule has 129 valence electrons. The number of aliphatic hydroxyl groups excluding tert-OH is 1. The van der Waals surface area contributed by atoms with Crippen molar-refractivity contribution in [3.8, 4) is 10.4 Å². The van der Waals surface area contributed by atoms with E-state index in [4.69, 9.17) is 5.11 Å². The third-order valence-corrected chi connectivity index (χ3v) is 5.74. The van der Waals surface area contributed by atoms with Gasteiger partial charge in [-0.05, 0) is 17.2 Å². The molecule has 0 atom stereocenters. The van der Waals surface area contributed by atoms with E-state index < -0.39 is 0 Å². The number of benzene rings is 1. The molecule has 2 aromatic heterocycles. The zero-order valence-corrected chi connectivity index (χ0v) is 14.9. The van der Waals surface area contributed by atoms with Crippen LogP contribution in [0.4, 0.5) is 0 Å². The smallest absolute Gasteiger partial charge is 0.116 e. The Bertz CT molecular complexity index is 792. The Morgan fingerprint density at radius 1 is 1.08 bits per heavy atom. The molecule has 0 saturated carbocycles. The number of fused-ring (bicyclic) bond motifs is 1. The molecule has 4 rings (SSSR count). The van der Waals surface area contributed by atoms with E-state index in [-0.39, 0.29) is 6.61 Å². The summed E-state index contributed by atoms with van der Waals surface area (Å²) in [6.45, 7) is 6.23. The number of aliphatic hydroxyl groups is 1. The fourth-order valence-corrected chi connectivity index (χ4v) is 4.18. The maximum Gasteiger partial charge on any atom is 0.116 e. The van der Waals surface area contributed by atoms with E-state index in [0.29, 0.717) is 0 Å². The van der Waals surface area contributed by atoms with Crippen LogP contribution < -0.4 is 0 Å². The lowest BCUT2D eigenvalue weighted by atomic mass is 10.1. The number of hydrogen-bond acceptors (Lipinski definition) is 6. The molecule has 3 heterocycles. The average Bonchev–Trinajstić information content (AvgIpc) is 3.08. The first-order chi connectivity index (χ1) is 12.3. The second-order valence-corrected chi connectivity index (χ2v) is 7.40. The van der Waals surface area contributed by atoms with Gasteiger partial charge in [-0.15, -0.1) is 11.3 Å². The molecule has 3 aromatic rings. The van der Waals surface area contributed by atoms with Crippen LogP contribution in [-0.2, 0) is 6.54 Å². The Kier molecular flexibility index (Phi) is 5.03. The van der Waals surface area contributed by atoms with E-state index >= 15 is 0 Å². The third kappa shape index (κ3) is 3.88. The fourth-order valence-electron chi connectivity index (χ4n) is 3.22. The van der Waals surface area contributed by atoms with E-state index in [1.165, 1.54) is 16.0 Å². The number of hydrogen-bond donors (Lipinski definition) is 1. The summed E-state index contributed by atoms with van der Waals surface area (Å²) in [5, 5.41) is 9.02. The molecule has 0 amide bonds. The Morgan fingerprint density at radius 3 is 2.56 bits per heavy atom.